The molecular weight excluding hydrogens is 423 g/mol. The molecule has 2 aromatic carbocycles. The average molecular weight is 441 g/mol. The maximum atomic E-state index is 13.3. The number of hydrogen-bond acceptors (Lipinski definition) is 5. The van der Waals surface area contributed by atoms with E-state index in [1.165, 1.54) is 10.4 Å². The fourth-order valence-electron chi connectivity index (χ4n) is 3.36. The Bertz CT molecular complexity index is 1050. The van der Waals surface area contributed by atoms with Crippen molar-refractivity contribution < 1.29 is 27.1 Å². The molecule has 1 saturated heterocycles. The predicted molar refractivity (Wildman–Crippen MR) is 104 cm³/mol. The number of nitrogens with one attached hydrogen (secondary N) is 1. The quantitative estimate of drug-likeness (QED) is 0.788. The molecule has 0 aromatic heterocycles. The van der Waals surface area contributed by atoms with Gasteiger partial charge in [0, 0.05) is 30.8 Å². The van der Waals surface area contributed by atoms with Gasteiger partial charge in [0.15, 0.2) is 11.5 Å². The third-order valence-electron chi connectivity index (χ3n) is 4.99. The van der Waals surface area contributed by atoms with Crippen LogP contribution in [0, 0.1) is 11.7 Å². The van der Waals surface area contributed by atoms with E-state index in [4.69, 9.17) is 21.1 Å². The third kappa shape index (κ3) is 4.03. The molecule has 0 radical (unpaired) electrons. The van der Waals surface area contributed by atoms with Crippen molar-refractivity contribution in [1.29, 1.82) is 0 Å². The largest absolute Gasteiger partial charge is 0.454 e. The maximum absolute atomic E-state index is 13.3. The van der Waals surface area contributed by atoms with Crippen LogP contribution in [-0.4, -0.2) is 38.5 Å². The van der Waals surface area contributed by atoms with Gasteiger partial charge in [-0.1, -0.05) is 11.6 Å². The number of nitrogens with zero attached hydrogens (tertiary/aromatic N) is 1. The molecule has 7 nitrogen and oxygen atoms in total. The Hall–Kier alpha value is -2.36. The SMILES string of the molecule is O=C(Nc1ccc2c(c1)OCO2)C1CCN(S(=O)(=O)c2ccc(F)c(Cl)c2)CC1. The summed E-state index contributed by atoms with van der Waals surface area (Å²) in [4.78, 5) is 12.5. The number of halogens is 2. The molecule has 0 atom stereocenters. The predicted octanol–water partition coefficient (Wildman–Crippen LogP) is 3.25. The Morgan fingerprint density at radius 2 is 1.83 bits per heavy atom. The minimum Gasteiger partial charge on any atom is -0.454 e. The number of ether oxygens (including phenoxy) is 2. The van der Waals surface area contributed by atoms with Gasteiger partial charge in [-0.25, -0.2) is 12.8 Å². The van der Waals surface area contributed by atoms with Crippen LogP contribution in [-0.2, 0) is 14.8 Å². The maximum Gasteiger partial charge on any atom is 0.243 e. The highest BCUT2D eigenvalue weighted by molar-refractivity contribution is 7.89. The average Bonchev–Trinajstić information content (AvgIpc) is 3.18. The van der Waals surface area contributed by atoms with Crippen LogP contribution in [0.2, 0.25) is 5.02 Å². The van der Waals surface area contributed by atoms with Crippen LogP contribution in [0.3, 0.4) is 0 Å². The van der Waals surface area contributed by atoms with Crippen LogP contribution < -0.4 is 14.8 Å². The van der Waals surface area contributed by atoms with Crippen molar-refractivity contribution >= 4 is 33.2 Å². The molecule has 0 saturated carbocycles. The lowest BCUT2D eigenvalue weighted by Crippen LogP contribution is -2.41. The third-order valence-corrected chi connectivity index (χ3v) is 7.18. The second-order valence-electron chi connectivity index (χ2n) is 6.81. The van der Waals surface area contributed by atoms with Gasteiger partial charge in [-0.05, 0) is 43.2 Å². The highest BCUT2D eigenvalue weighted by atomic mass is 35.5. The number of amides is 1. The number of piperidine rings is 1. The molecule has 2 aliphatic rings. The fraction of sp³-hybridized carbons (Fsp3) is 0.316. The summed E-state index contributed by atoms with van der Waals surface area (Å²) in [5.74, 6) is 0.0306. The molecule has 10 heteroatoms. The van der Waals surface area contributed by atoms with Crippen molar-refractivity contribution in [3.05, 3.63) is 47.2 Å². The standard InChI is InChI=1S/C19H18ClFN2O5S/c20-15-10-14(2-3-16(15)21)29(25,26)23-7-5-12(6-8-23)19(24)22-13-1-4-17-18(9-13)28-11-27-17/h1-4,9-10,12H,5-8,11H2,(H,22,24). The Balaban J connectivity index is 1.38. The molecule has 2 aromatic rings. The van der Waals surface area contributed by atoms with E-state index >= 15 is 0 Å². The van der Waals surface area contributed by atoms with Gasteiger partial charge in [-0.2, -0.15) is 4.31 Å². The summed E-state index contributed by atoms with van der Waals surface area (Å²) in [6.45, 7) is 0.534. The molecule has 1 amide bonds. The number of hydrogen-bond donors (Lipinski definition) is 1. The first-order valence-electron chi connectivity index (χ1n) is 9.00. The minimum atomic E-state index is -3.80. The van der Waals surface area contributed by atoms with Crippen LogP contribution in [0.15, 0.2) is 41.3 Å². The highest BCUT2D eigenvalue weighted by Crippen LogP contribution is 2.34. The van der Waals surface area contributed by atoms with E-state index in [0.717, 1.165) is 12.1 Å². The number of anilines is 1. The van der Waals surface area contributed by atoms with Gasteiger partial charge in [0.05, 0.1) is 9.92 Å². The number of fused-ring (bicyclic) bond motifs is 1. The van der Waals surface area contributed by atoms with Gasteiger partial charge in [0.25, 0.3) is 0 Å². The Morgan fingerprint density at radius 1 is 1.10 bits per heavy atom. The number of carbonyl (C=O) groups is 1. The summed E-state index contributed by atoms with van der Waals surface area (Å²) in [7, 11) is -3.80. The van der Waals surface area contributed by atoms with Gasteiger partial charge in [-0.15, -0.1) is 0 Å². The van der Waals surface area contributed by atoms with E-state index in [9.17, 15) is 17.6 Å². The van der Waals surface area contributed by atoms with E-state index in [1.54, 1.807) is 18.2 Å². The summed E-state index contributed by atoms with van der Waals surface area (Å²) in [6, 6.07) is 8.46. The molecule has 0 spiro atoms. The van der Waals surface area contributed by atoms with E-state index < -0.39 is 15.8 Å². The normalized spacial score (nSPS) is 17.3. The summed E-state index contributed by atoms with van der Waals surface area (Å²) >= 11 is 5.71. The second-order valence-corrected chi connectivity index (χ2v) is 9.16. The van der Waals surface area contributed by atoms with Crippen molar-refractivity contribution in [3.63, 3.8) is 0 Å². The van der Waals surface area contributed by atoms with Gasteiger partial charge in [-0.3, -0.25) is 4.79 Å². The Kier molecular flexibility index (Phi) is 5.37. The van der Waals surface area contributed by atoms with Gasteiger partial charge >= 0.3 is 0 Å². The molecule has 1 N–H and O–H groups in total. The first-order valence-corrected chi connectivity index (χ1v) is 10.8. The van der Waals surface area contributed by atoms with Crippen LogP contribution in [0.5, 0.6) is 11.5 Å². The Morgan fingerprint density at radius 3 is 2.55 bits per heavy atom. The van der Waals surface area contributed by atoms with Gasteiger partial charge < -0.3 is 14.8 Å². The van der Waals surface area contributed by atoms with Crippen LogP contribution in [0.1, 0.15) is 12.8 Å². The number of rotatable bonds is 4. The van der Waals surface area contributed by atoms with E-state index in [1.807, 2.05) is 0 Å². The molecule has 2 aliphatic heterocycles. The summed E-state index contributed by atoms with van der Waals surface area (Å²) in [5.41, 5.74) is 0.593. The van der Waals surface area contributed by atoms with Crippen molar-refractivity contribution in [3.8, 4) is 11.5 Å². The first kappa shape index (κ1) is 19.9. The van der Waals surface area contributed by atoms with E-state index in [-0.39, 0.29) is 41.6 Å². The molecule has 4 rings (SSSR count). The second kappa shape index (κ2) is 7.81. The molecule has 0 unspecified atom stereocenters. The topological polar surface area (TPSA) is 84.9 Å². The molecule has 29 heavy (non-hydrogen) atoms. The zero-order valence-electron chi connectivity index (χ0n) is 15.2. The molecule has 0 aliphatic carbocycles. The summed E-state index contributed by atoms with van der Waals surface area (Å²) < 4.78 is 50.6. The lowest BCUT2D eigenvalue weighted by molar-refractivity contribution is -0.120. The number of carbonyl (C=O) groups excluding carboxylic acids is 1. The van der Waals surface area contributed by atoms with Crippen molar-refractivity contribution in [2.24, 2.45) is 5.92 Å². The number of benzene rings is 2. The molecular formula is C19H18ClFN2O5S. The molecule has 0 bridgehead atoms. The van der Waals surface area contributed by atoms with Crippen LogP contribution >= 0.6 is 11.6 Å². The van der Waals surface area contributed by atoms with Crippen molar-refractivity contribution in [2.45, 2.75) is 17.7 Å². The van der Waals surface area contributed by atoms with E-state index in [2.05, 4.69) is 5.32 Å². The van der Waals surface area contributed by atoms with Gasteiger partial charge in [0.2, 0.25) is 22.7 Å². The molecule has 2 heterocycles. The van der Waals surface area contributed by atoms with E-state index in [0.29, 0.717) is 30.0 Å². The zero-order valence-corrected chi connectivity index (χ0v) is 16.8. The molecule has 1 fully saturated rings. The lowest BCUT2D eigenvalue weighted by Gasteiger charge is -2.30. The molecule has 154 valence electrons. The summed E-state index contributed by atoms with van der Waals surface area (Å²) in [6.07, 6.45) is 0.759. The minimum absolute atomic E-state index is 0.0628. The Labute approximate surface area is 172 Å². The van der Waals surface area contributed by atoms with Crippen LogP contribution in [0.25, 0.3) is 0 Å². The van der Waals surface area contributed by atoms with Crippen molar-refractivity contribution in [1.82, 2.24) is 4.31 Å². The first-order chi connectivity index (χ1) is 13.8. The zero-order chi connectivity index (χ0) is 20.6. The summed E-state index contributed by atoms with van der Waals surface area (Å²) in [5, 5.41) is 2.59. The lowest BCUT2D eigenvalue weighted by atomic mass is 9.97. The smallest absolute Gasteiger partial charge is 0.243 e. The fourth-order valence-corrected chi connectivity index (χ4v) is 5.11. The number of sulfonamides is 1. The van der Waals surface area contributed by atoms with Crippen molar-refractivity contribution in [2.75, 3.05) is 25.2 Å². The highest BCUT2D eigenvalue weighted by Gasteiger charge is 2.32. The monoisotopic (exact) mass is 440 g/mol. The van der Waals surface area contributed by atoms with Crippen LogP contribution in [0.4, 0.5) is 10.1 Å². The van der Waals surface area contributed by atoms with Gasteiger partial charge in [0.1, 0.15) is 5.82 Å².